The van der Waals surface area contributed by atoms with Crippen LogP contribution >= 0.6 is 0 Å². The number of hydrogen-bond acceptors (Lipinski definition) is 20. The molecular weight excluding hydrogens is 656 g/mol. The van der Waals surface area contributed by atoms with Crippen LogP contribution in [0, 0.1) is 5.92 Å². The van der Waals surface area contributed by atoms with Gasteiger partial charge in [-0.1, -0.05) is 13.8 Å². The van der Waals surface area contributed by atoms with Crippen LogP contribution in [-0.2, 0) is 33.2 Å². The van der Waals surface area contributed by atoms with E-state index in [-0.39, 0.29) is 6.42 Å². The Bertz CT molecular complexity index is 977. The SMILES string of the molecule is CC(C)[C@@H]1O[C@H](CO)[C@@H](O)[C@H](O[C@@H]2O[C@H](CO)[C@@H](O)[C@H](O)[C@H]2O)[C@H]1O[C@@H]1O[C@H](CO)[C@@H](O)[C@H](O)[C@H]1O[C@@H]1O[C@H](CCO)[C@@H](O)[C@H](O)[C@H]1O. The van der Waals surface area contributed by atoms with E-state index in [1.165, 1.54) is 0 Å². The molecule has 282 valence electrons. The lowest BCUT2D eigenvalue weighted by Gasteiger charge is -2.51. The van der Waals surface area contributed by atoms with Crippen LogP contribution in [0.25, 0.3) is 0 Å². The lowest BCUT2D eigenvalue weighted by molar-refractivity contribution is -0.393. The van der Waals surface area contributed by atoms with E-state index in [0.717, 1.165) is 0 Å². The molecule has 4 saturated heterocycles. The fraction of sp³-hybridized carbons (Fsp3) is 1.00. The van der Waals surface area contributed by atoms with E-state index >= 15 is 0 Å². The molecule has 4 heterocycles. The van der Waals surface area contributed by atoms with E-state index in [1.807, 2.05) is 0 Å². The van der Waals surface area contributed by atoms with Crippen LogP contribution < -0.4 is 0 Å². The summed E-state index contributed by atoms with van der Waals surface area (Å²) in [6.45, 7) is 0.569. The summed E-state index contributed by atoms with van der Waals surface area (Å²) >= 11 is 0. The Kier molecular flexibility index (Phi) is 14.3. The molecule has 20 nitrogen and oxygen atoms in total. The van der Waals surface area contributed by atoms with E-state index in [1.54, 1.807) is 13.8 Å². The average Bonchev–Trinajstić information content (AvgIpc) is 3.06. The van der Waals surface area contributed by atoms with Crippen molar-refractivity contribution in [2.24, 2.45) is 5.92 Å². The molecule has 13 N–H and O–H groups in total. The van der Waals surface area contributed by atoms with Gasteiger partial charge in [-0.25, -0.2) is 0 Å². The molecule has 4 aliphatic heterocycles. The number of hydrogen-bond donors (Lipinski definition) is 13. The second-order valence-corrected chi connectivity index (χ2v) is 12.8. The van der Waals surface area contributed by atoms with E-state index in [4.69, 9.17) is 33.2 Å². The molecule has 4 fully saturated rings. The Balaban J connectivity index is 1.67. The molecule has 0 amide bonds. The third-order valence-corrected chi connectivity index (χ3v) is 9.16. The average molecular weight is 707 g/mol. The van der Waals surface area contributed by atoms with Gasteiger partial charge in [0.25, 0.3) is 0 Å². The van der Waals surface area contributed by atoms with Gasteiger partial charge in [0.05, 0.1) is 32.0 Å². The fourth-order valence-electron chi connectivity index (χ4n) is 6.30. The first-order valence-electron chi connectivity index (χ1n) is 15.8. The van der Waals surface area contributed by atoms with E-state index < -0.39 is 155 Å². The highest BCUT2D eigenvalue weighted by molar-refractivity contribution is 5.00. The van der Waals surface area contributed by atoms with Crippen molar-refractivity contribution in [1.82, 2.24) is 0 Å². The molecule has 0 spiro atoms. The third kappa shape index (κ3) is 8.13. The second kappa shape index (κ2) is 17.1. The van der Waals surface area contributed by atoms with E-state index in [0.29, 0.717) is 0 Å². The Morgan fingerprint density at radius 3 is 1.35 bits per heavy atom. The van der Waals surface area contributed by atoms with Crippen molar-refractivity contribution in [3.05, 3.63) is 0 Å². The molecule has 4 aliphatic rings. The molecular formula is C28H50O20. The van der Waals surface area contributed by atoms with Crippen LogP contribution in [0.2, 0.25) is 0 Å². The van der Waals surface area contributed by atoms with Crippen LogP contribution in [0.15, 0.2) is 0 Å². The minimum absolute atomic E-state index is 0.181. The molecule has 0 radical (unpaired) electrons. The highest BCUT2D eigenvalue weighted by Gasteiger charge is 2.56. The summed E-state index contributed by atoms with van der Waals surface area (Å²) in [7, 11) is 0. The largest absolute Gasteiger partial charge is 0.396 e. The number of ether oxygens (including phenoxy) is 7. The summed E-state index contributed by atoms with van der Waals surface area (Å²) in [6.07, 6.45) is -33.1. The molecule has 0 saturated carbocycles. The minimum atomic E-state index is -1.92. The van der Waals surface area contributed by atoms with Crippen LogP contribution in [0.5, 0.6) is 0 Å². The zero-order valence-corrected chi connectivity index (χ0v) is 26.3. The lowest BCUT2D eigenvalue weighted by atomic mass is 9.88. The van der Waals surface area contributed by atoms with Crippen molar-refractivity contribution in [3.63, 3.8) is 0 Å². The second-order valence-electron chi connectivity index (χ2n) is 12.8. The van der Waals surface area contributed by atoms with Gasteiger partial charge in [-0.2, -0.15) is 0 Å². The lowest BCUT2D eigenvalue weighted by Crippen LogP contribution is -2.68. The van der Waals surface area contributed by atoms with Crippen molar-refractivity contribution >= 4 is 0 Å². The molecule has 0 aromatic carbocycles. The van der Waals surface area contributed by atoms with Gasteiger partial charge in [-0.3, -0.25) is 0 Å². The Labute approximate surface area is 275 Å². The van der Waals surface area contributed by atoms with Crippen molar-refractivity contribution in [2.45, 2.75) is 143 Å². The molecule has 20 heteroatoms. The number of aliphatic hydroxyl groups is 13. The van der Waals surface area contributed by atoms with Crippen molar-refractivity contribution in [3.8, 4) is 0 Å². The number of rotatable bonds is 12. The predicted octanol–water partition coefficient (Wildman–Crippen LogP) is -7.65. The first-order chi connectivity index (χ1) is 22.7. The van der Waals surface area contributed by atoms with E-state index in [9.17, 15) is 66.4 Å². The Morgan fingerprint density at radius 1 is 0.438 bits per heavy atom. The highest BCUT2D eigenvalue weighted by atomic mass is 16.8. The first-order valence-corrected chi connectivity index (χ1v) is 15.8. The topological polar surface area (TPSA) is 328 Å². The smallest absolute Gasteiger partial charge is 0.187 e. The van der Waals surface area contributed by atoms with Gasteiger partial charge in [0.1, 0.15) is 91.6 Å². The van der Waals surface area contributed by atoms with Crippen molar-refractivity contribution in [2.75, 3.05) is 26.4 Å². The summed E-state index contributed by atoms with van der Waals surface area (Å²) in [5.74, 6) is -0.469. The van der Waals surface area contributed by atoms with Gasteiger partial charge in [-0.15, -0.1) is 0 Å². The normalized spacial score (nSPS) is 50.5. The predicted molar refractivity (Wildman–Crippen MR) is 151 cm³/mol. The minimum Gasteiger partial charge on any atom is -0.396 e. The van der Waals surface area contributed by atoms with Gasteiger partial charge >= 0.3 is 0 Å². The van der Waals surface area contributed by atoms with Crippen LogP contribution in [0.1, 0.15) is 20.3 Å². The summed E-state index contributed by atoms with van der Waals surface area (Å²) in [5, 5.41) is 134. The maximum absolute atomic E-state index is 11.3. The first kappa shape index (κ1) is 40.0. The highest BCUT2D eigenvalue weighted by Crippen LogP contribution is 2.37. The van der Waals surface area contributed by atoms with Gasteiger partial charge in [0, 0.05) is 6.61 Å². The molecule has 0 aromatic rings. The summed E-state index contributed by atoms with van der Waals surface area (Å²) < 4.78 is 40.6. The van der Waals surface area contributed by atoms with Gasteiger partial charge in [-0.05, 0) is 12.3 Å². The molecule has 4 rings (SSSR count). The molecule has 0 aliphatic carbocycles. The van der Waals surface area contributed by atoms with Crippen LogP contribution in [0.4, 0.5) is 0 Å². The molecule has 0 bridgehead atoms. The van der Waals surface area contributed by atoms with Crippen LogP contribution in [-0.4, -0.2) is 215 Å². The van der Waals surface area contributed by atoms with E-state index in [2.05, 4.69) is 0 Å². The standard InChI is InChI=1S/C28H50O20/c1-8(2)22-25(23(16(36)12(7-32)42-22)46-27-21(41)18(38)14(34)10(5-30)44-27)48-28-24(19(39)15(35)11(6-31)45-28)47-26-20(40)17(37)13(33)9(43-26)3-4-29/h8-41H,3-7H2,1-2H3/t9-,10-,11-,12-,13-,14-,15-,16-,17+,18+,19+,20-,21-,22+,23+,24-,25+,26+,27+,28+/m1/s1. The number of aliphatic hydroxyl groups excluding tert-OH is 13. The Morgan fingerprint density at radius 2 is 0.854 bits per heavy atom. The molecule has 0 aromatic heterocycles. The van der Waals surface area contributed by atoms with Gasteiger partial charge in [0.15, 0.2) is 18.9 Å². The summed E-state index contributed by atoms with van der Waals surface area (Å²) in [4.78, 5) is 0. The molecule has 48 heavy (non-hydrogen) atoms. The summed E-state index contributed by atoms with van der Waals surface area (Å²) in [6, 6.07) is 0. The fourth-order valence-corrected chi connectivity index (χ4v) is 6.30. The third-order valence-electron chi connectivity index (χ3n) is 9.16. The summed E-state index contributed by atoms with van der Waals surface area (Å²) in [5.41, 5.74) is 0. The maximum atomic E-state index is 11.3. The zero-order valence-electron chi connectivity index (χ0n) is 26.3. The van der Waals surface area contributed by atoms with Crippen LogP contribution in [0.3, 0.4) is 0 Å². The van der Waals surface area contributed by atoms with Crippen molar-refractivity contribution in [1.29, 1.82) is 0 Å². The van der Waals surface area contributed by atoms with Gasteiger partial charge < -0.3 is 99.5 Å². The van der Waals surface area contributed by atoms with Gasteiger partial charge in [0.2, 0.25) is 0 Å². The van der Waals surface area contributed by atoms with Crippen molar-refractivity contribution < 1.29 is 99.5 Å². The zero-order chi connectivity index (χ0) is 35.6. The monoisotopic (exact) mass is 706 g/mol. The maximum Gasteiger partial charge on any atom is 0.187 e. The quantitative estimate of drug-likeness (QED) is 0.0896. The Hall–Kier alpha value is -0.800. The molecule has 20 atom stereocenters. The molecule has 0 unspecified atom stereocenters.